The van der Waals surface area contributed by atoms with Gasteiger partial charge in [0.25, 0.3) is 0 Å². The van der Waals surface area contributed by atoms with E-state index in [0.717, 1.165) is 31.9 Å². The van der Waals surface area contributed by atoms with Crippen LogP contribution in [0.1, 0.15) is 25.8 Å². The number of benzene rings is 1. The van der Waals surface area contributed by atoms with Crippen molar-refractivity contribution in [3.8, 4) is 5.75 Å². The lowest BCUT2D eigenvalue weighted by Gasteiger charge is -2.12. The van der Waals surface area contributed by atoms with Crippen LogP contribution in [0.25, 0.3) is 0 Å². The fraction of sp³-hybridized carbons (Fsp3) is 0.467. The maximum Gasteiger partial charge on any atom is 0.123 e. The molecule has 1 aromatic carbocycles. The smallest absolute Gasteiger partial charge is 0.123 e. The van der Waals surface area contributed by atoms with Crippen molar-refractivity contribution in [2.24, 2.45) is 5.92 Å². The van der Waals surface area contributed by atoms with E-state index in [-0.39, 0.29) is 0 Å². The zero-order valence-electron chi connectivity index (χ0n) is 10.9. The Kier molecular flexibility index (Phi) is 6.41. The summed E-state index contributed by atoms with van der Waals surface area (Å²) >= 11 is 0. The summed E-state index contributed by atoms with van der Waals surface area (Å²) in [5.74, 6) is 1.67. The Morgan fingerprint density at radius 2 is 2.12 bits per heavy atom. The van der Waals surface area contributed by atoms with Crippen LogP contribution in [0.3, 0.4) is 0 Å². The molecule has 0 aliphatic carbocycles. The lowest BCUT2D eigenvalue weighted by atomic mass is 10.1. The summed E-state index contributed by atoms with van der Waals surface area (Å²) < 4.78 is 5.81. The Hall–Kier alpha value is -1.28. The van der Waals surface area contributed by atoms with Crippen LogP contribution >= 0.6 is 0 Å². The van der Waals surface area contributed by atoms with E-state index in [1.54, 1.807) is 0 Å². The van der Waals surface area contributed by atoms with Crippen LogP contribution in [0.5, 0.6) is 5.75 Å². The van der Waals surface area contributed by atoms with Crippen molar-refractivity contribution in [3.05, 3.63) is 42.5 Å². The molecule has 1 rings (SSSR count). The lowest BCUT2D eigenvalue weighted by molar-refractivity contribution is 0.286. The fourth-order valence-electron chi connectivity index (χ4n) is 1.50. The highest BCUT2D eigenvalue weighted by atomic mass is 16.5. The number of rotatable bonds is 8. The summed E-state index contributed by atoms with van der Waals surface area (Å²) in [4.78, 5) is 0. The van der Waals surface area contributed by atoms with Gasteiger partial charge in [-0.3, -0.25) is 0 Å². The first-order chi connectivity index (χ1) is 8.24. The molecule has 0 spiro atoms. The first-order valence-electron chi connectivity index (χ1n) is 6.26. The van der Waals surface area contributed by atoms with E-state index >= 15 is 0 Å². The van der Waals surface area contributed by atoms with Gasteiger partial charge in [-0.05, 0) is 18.4 Å². The highest BCUT2D eigenvalue weighted by Crippen LogP contribution is 2.18. The number of ether oxygens (including phenoxy) is 1. The van der Waals surface area contributed by atoms with E-state index in [0.29, 0.717) is 5.92 Å². The summed E-state index contributed by atoms with van der Waals surface area (Å²) in [7, 11) is 0. The molecule has 1 aromatic rings. The summed E-state index contributed by atoms with van der Waals surface area (Å²) in [6.07, 6.45) is 2.96. The molecule has 1 N–H and O–H groups in total. The quantitative estimate of drug-likeness (QED) is 0.549. The third kappa shape index (κ3) is 5.55. The molecule has 0 unspecified atom stereocenters. The molecule has 0 heterocycles. The first-order valence-corrected chi connectivity index (χ1v) is 6.26. The van der Waals surface area contributed by atoms with Crippen molar-refractivity contribution in [2.75, 3.05) is 13.2 Å². The van der Waals surface area contributed by atoms with Gasteiger partial charge < -0.3 is 10.1 Å². The normalized spacial score (nSPS) is 10.5. The van der Waals surface area contributed by atoms with E-state index in [2.05, 4.69) is 31.8 Å². The Morgan fingerprint density at radius 1 is 1.35 bits per heavy atom. The SMILES string of the molecule is C=CCNCc1ccccc1OCCC(C)C. The Morgan fingerprint density at radius 3 is 2.82 bits per heavy atom. The van der Waals surface area contributed by atoms with Gasteiger partial charge in [-0.15, -0.1) is 6.58 Å². The van der Waals surface area contributed by atoms with Crippen molar-refractivity contribution in [3.63, 3.8) is 0 Å². The van der Waals surface area contributed by atoms with Gasteiger partial charge in [-0.2, -0.15) is 0 Å². The Balaban J connectivity index is 2.48. The molecule has 0 saturated heterocycles. The second kappa shape index (κ2) is 7.91. The van der Waals surface area contributed by atoms with Crippen LogP contribution in [0.4, 0.5) is 0 Å². The van der Waals surface area contributed by atoms with Crippen LogP contribution < -0.4 is 10.1 Å². The van der Waals surface area contributed by atoms with E-state index in [1.807, 2.05) is 24.3 Å². The molecular formula is C15H23NO. The van der Waals surface area contributed by atoms with Gasteiger partial charge >= 0.3 is 0 Å². The first kappa shape index (κ1) is 13.8. The third-order valence-corrected chi connectivity index (χ3v) is 2.53. The van der Waals surface area contributed by atoms with Crippen LogP contribution in [-0.2, 0) is 6.54 Å². The zero-order valence-corrected chi connectivity index (χ0v) is 10.9. The van der Waals surface area contributed by atoms with Gasteiger partial charge in [0, 0.05) is 18.7 Å². The zero-order chi connectivity index (χ0) is 12.5. The van der Waals surface area contributed by atoms with Crippen molar-refractivity contribution in [1.29, 1.82) is 0 Å². The standard InChI is InChI=1S/C15H23NO/c1-4-10-16-12-14-7-5-6-8-15(14)17-11-9-13(2)3/h4-8,13,16H,1,9-12H2,2-3H3. The minimum atomic E-state index is 0.682. The Labute approximate surface area is 105 Å². The van der Waals surface area contributed by atoms with Gasteiger partial charge in [0.2, 0.25) is 0 Å². The van der Waals surface area contributed by atoms with Gasteiger partial charge in [0.1, 0.15) is 5.75 Å². The highest BCUT2D eigenvalue weighted by molar-refractivity contribution is 5.33. The van der Waals surface area contributed by atoms with Crippen molar-refractivity contribution in [2.45, 2.75) is 26.8 Å². The average Bonchev–Trinajstić information content (AvgIpc) is 2.31. The van der Waals surface area contributed by atoms with E-state index in [9.17, 15) is 0 Å². The summed E-state index contributed by atoms with van der Waals surface area (Å²) in [5.41, 5.74) is 1.21. The molecule has 2 nitrogen and oxygen atoms in total. The predicted molar refractivity (Wildman–Crippen MR) is 73.3 cm³/mol. The summed E-state index contributed by atoms with van der Waals surface area (Å²) in [6, 6.07) is 8.19. The fourth-order valence-corrected chi connectivity index (χ4v) is 1.50. The molecule has 0 aromatic heterocycles. The van der Waals surface area contributed by atoms with Crippen molar-refractivity contribution < 1.29 is 4.74 Å². The van der Waals surface area contributed by atoms with Gasteiger partial charge in [-0.25, -0.2) is 0 Å². The molecule has 0 fully saturated rings. The molecular weight excluding hydrogens is 210 g/mol. The van der Waals surface area contributed by atoms with Crippen LogP contribution in [0, 0.1) is 5.92 Å². The van der Waals surface area contributed by atoms with Gasteiger partial charge in [-0.1, -0.05) is 38.1 Å². The molecule has 0 atom stereocenters. The summed E-state index contributed by atoms with van der Waals surface area (Å²) in [5, 5.41) is 3.29. The molecule has 17 heavy (non-hydrogen) atoms. The monoisotopic (exact) mass is 233 g/mol. The van der Waals surface area contributed by atoms with Crippen LogP contribution in [0.15, 0.2) is 36.9 Å². The number of hydrogen-bond donors (Lipinski definition) is 1. The predicted octanol–water partition coefficient (Wildman–Crippen LogP) is 3.39. The second-order valence-corrected chi connectivity index (χ2v) is 4.56. The molecule has 2 heteroatoms. The largest absolute Gasteiger partial charge is 0.493 e. The Bertz CT molecular complexity index is 333. The molecule has 0 saturated carbocycles. The van der Waals surface area contributed by atoms with Crippen molar-refractivity contribution in [1.82, 2.24) is 5.32 Å². The minimum absolute atomic E-state index is 0.682. The summed E-state index contributed by atoms with van der Waals surface area (Å²) in [6.45, 7) is 10.5. The molecule has 0 aliphatic rings. The van der Waals surface area contributed by atoms with Crippen LogP contribution in [0.2, 0.25) is 0 Å². The number of para-hydroxylation sites is 1. The third-order valence-electron chi connectivity index (χ3n) is 2.53. The molecule has 0 aliphatic heterocycles. The van der Waals surface area contributed by atoms with E-state index in [4.69, 9.17) is 4.74 Å². The maximum atomic E-state index is 5.81. The van der Waals surface area contributed by atoms with Gasteiger partial charge in [0.05, 0.1) is 6.61 Å². The minimum Gasteiger partial charge on any atom is -0.493 e. The van der Waals surface area contributed by atoms with Gasteiger partial charge in [0.15, 0.2) is 0 Å². The topological polar surface area (TPSA) is 21.3 Å². The van der Waals surface area contributed by atoms with E-state index < -0.39 is 0 Å². The van der Waals surface area contributed by atoms with Crippen molar-refractivity contribution >= 4 is 0 Å². The maximum absolute atomic E-state index is 5.81. The molecule has 0 radical (unpaired) electrons. The molecule has 0 amide bonds. The lowest BCUT2D eigenvalue weighted by Crippen LogP contribution is -2.14. The molecule has 94 valence electrons. The number of nitrogens with one attached hydrogen (secondary N) is 1. The molecule has 0 bridgehead atoms. The second-order valence-electron chi connectivity index (χ2n) is 4.56. The van der Waals surface area contributed by atoms with Crippen LogP contribution in [-0.4, -0.2) is 13.2 Å². The average molecular weight is 233 g/mol. The highest BCUT2D eigenvalue weighted by Gasteiger charge is 2.02. The number of hydrogen-bond acceptors (Lipinski definition) is 2. The van der Waals surface area contributed by atoms with E-state index in [1.165, 1.54) is 5.56 Å².